The molecule has 0 aromatic carbocycles. The largest absolute Gasteiger partial charge is 0.461 e. The molecule has 70 valence electrons. The molecule has 3 nitrogen and oxygen atoms in total. The summed E-state index contributed by atoms with van der Waals surface area (Å²) in [5.41, 5.74) is 0.209. The molecule has 0 amide bonds. The van der Waals surface area contributed by atoms with Crippen LogP contribution in [0.5, 0.6) is 0 Å². The number of hydrogen-bond acceptors (Lipinski definition) is 3. The molecule has 0 aliphatic heterocycles. The van der Waals surface area contributed by atoms with E-state index in [-0.39, 0.29) is 5.69 Å². The van der Waals surface area contributed by atoms with Crippen LogP contribution in [-0.4, -0.2) is 17.6 Å². The molecule has 1 aromatic rings. The summed E-state index contributed by atoms with van der Waals surface area (Å²) in [6.07, 6.45) is 0. The van der Waals surface area contributed by atoms with E-state index in [2.05, 4.69) is 20.9 Å². The van der Waals surface area contributed by atoms with Crippen LogP contribution in [0.3, 0.4) is 0 Å². The smallest absolute Gasteiger partial charge is 0.357 e. The normalized spacial score (nSPS) is 9.77. The van der Waals surface area contributed by atoms with Gasteiger partial charge in [0.2, 0.25) is 0 Å². The third-order valence-electron chi connectivity index (χ3n) is 1.24. The number of hydrogen-bond donors (Lipinski definition) is 0. The minimum Gasteiger partial charge on any atom is -0.461 e. The van der Waals surface area contributed by atoms with Gasteiger partial charge in [-0.05, 0) is 35.0 Å². The van der Waals surface area contributed by atoms with Crippen LogP contribution in [0.25, 0.3) is 0 Å². The molecule has 1 rings (SSSR count). The van der Waals surface area contributed by atoms with Gasteiger partial charge in [0.05, 0.1) is 6.61 Å². The van der Waals surface area contributed by atoms with Gasteiger partial charge in [-0.3, -0.25) is 0 Å². The Morgan fingerprint density at radius 1 is 1.69 bits per heavy atom. The molecule has 0 unspecified atom stereocenters. The molecular formula is C8H7BrClNO2. The molecule has 0 bridgehead atoms. The number of halogens is 2. The highest BCUT2D eigenvalue weighted by atomic mass is 79.9. The SMILES string of the molecule is CCOC(=O)c1cc(Cl)cc(Br)n1. The fourth-order valence-electron chi connectivity index (χ4n) is 0.775. The Kier molecular flexibility index (Phi) is 3.69. The van der Waals surface area contributed by atoms with Crippen molar-refractivity contribution in [1.29, 1.82) is 0 Å². The second-order valence-electron chi connectivity index (χ2n) is 2.21. The second kappa shape index (κ2) is 4.58. The molecule has 0 fully saturated rings. The fraction of sp³-hybridized carbons (Fsp3) is 0.250. The highest BCUT2D eigenvalue weighted by Crippen LogP contribution is 2.16. The van der Waals surface area contributed by atoms with Crippen molar-refractivity contribution in [3.05, 3.63) is 27.5 Å². The van der Waals surface area contributed by atoms with Crippen LogP contribution < -0.4 is 0 Å². The van der Waals surface area contributed by atoms with Crippen LogP contribution in [0.4, 0.5) is 0 Å². The number of nitrogens with zero attached hydrogens (tertiary/aromatic N) is 1. The first-order valence-corrected chi connectivity index (χ1v) is 4.80. The van der Waals surface area contributed by atoms with Crippen LogP contribution >= 0.6 is 27.5 Å². The minimum absolute atomic E-state index is 0.209. The lowest BCUT2D eigenvalue weighted by Crippen LogP contribution is -2.06. The number of ether oxygens (including phenoxy) is 1. The summed E-state index contributed by atoms with van der Waals surface area (Å²) in [4.78, 5) is 15.1. The van der Waals surface area contributed by atoms with Gasteiger partial charge in [-0.15, -0.1) is 0 Å². The quantitative estimate of drug-likeness (QED) is 0.609. The van der Waals surface area contributed by atoms with Gasteiger partial charge in [-0.1, -0.05) is 11.6 Å². The van der Waals surface area contributed by atoms with Gasteiger partial charge < -0.3 is 4.74 Å². The van der Waals surface area contributed by atoms with Crippen molar-refractivity contribution in [2.45, 2.75) is 6.92 Å². The molecule has 0 saturated heterocycles. The first kappa shape index (κ1) is 10.5. The van der Waals surface area contributed by atoms with E-state index in [1.807, 2.05) is 0 Å². The van der Waals surface area contributed by atoms with E-state index in [0.717, 1.165) is 0 Å². The van der Waals surface area contributed by atoms with Gasteiger partial charge in [0.15, 0.2) is 5.69 Å². The van der Waals surface area contributed by atoms with Crippen LogP contribution in [-0.2, 0) is 4.74 Å². The molecule has 0 saturated carbocycles. The summed E-state index contributed by atoms with van der Waals surface area (Å²) >= 11 is 8.85. The van der Waals surface area contributed by atoms with Crippen LogP contribution in [0, 0.1) is 0 Å². The number of aromatic nitrogens is 1. The highest BCUT2D eigenvalue weighted by molar-refractivity contribution is 9.10. The van der Waals surface area contributed by atoms with E-state index in [0.29, 0.717) is 16.2 Å². The van der Waals surface area contributed by atoms with E-state index >= 15 is 0 Å². The molecule has 0 aliphatic rings. The van der Waals surface area contributed by atoms with Crippen molar-refractivity contribution in [3.8, 4) is 0 Å². The maximum Gasteiger partial charge on any atom is 0.357 e. The Morgan fingerprint density at radius 3 is 2.92 bits per heavy atom. The molecule has 0 aliphatic carbocycles. The average molecular weight is 265 g/mol. The maximum absolute atomic E-state index is 11.2. The molecule has 0 N–H and O–H groups in total. The molecular weight excluding hydrogens is 257 g/mol. The highest BCUT2D eigenvalue weighted by Gasteiger charge is 2.09. The zero-order chi connectivity index (χ0) is 9.84. The summed E-state index contributed by atoms with van der Waals surface area (Å²) in [6.45, 7) is 2.06. The number of carbonyl (C=O) groups is 1. The lowest BCUT2D eigenvalue weighted by atomic mass is 10.3. The Morgan fingerprint density at radius 2 is 2.38 bits per heavy atom. The number of esters is 1. The zero-order valence-electron chi connectivity index (χ0n) is 6.88. The fourth-order valence-corrected chi connectivity index (χ4v) is 1.55. The lowest BCUT2D eigenvalue weighted by Gasteiger charge is -2.01. The Labute approximate surface area is 89.2 Å². The predicted molar refractivity (Wildman–Crippen MR) is 52.9 cm³/mol. The number of pyridine rings is 1. The second-order valence-corrected chi connectivity index (χ2v) is 3.46. The van der Waals surface area contributed by atoms with E-state index in [4.69, 9.17) is 16.3 Å². The van der Waals surface area contributed by atoms with Crippen molar-refractivity contribution in [2.24, 2.45) is 0 Å². The van der Waals surface area contributed by atoms with E-state index in [9.17, 15) is 4.79 Å². The van der Waals surface area contributed by atoms with E-state index in [1.54, 1.807) is 13.0 Å². The van der Waals surface area contributed by atoms with Crippen molar-refractivity contribution >= 4 is 33.5 Å². The van der Waals surface area contributed by atoms with Crippen LogP contribution in [0.1, 0.15) is 17.4 Å². The van der Waals surface area contributed by atoms with Crippen molar-refractivity contribution in [3.63, 3.8) is 0 Å². The summed E-state index contributed by atoms with van der Waals surface area (Å²) in [7, 11) is 0. The first-order chi connectivity index (χ1) is 6.13. The minimum atomic E-state index is -0.467. The van der Waals surface area contributed by atoms with Gasteiger partial charge in [0.25, 0.3) is 0 Å². The predicted octanol–water partition coefficient (Wildman–Crippen LogP) is 2.67. The molecule has 1 heterocycles. The zero-order valence-corrected chi connectivity index (χ0v) is 9.22. The number of carbonyl (C=O) groups excluding carboxylic acids is 1. The summed E-state index contributed by atoms with van der Waals surface area (Å²) < 4.78 is 5.27. The molecule has 5 heteroatoms. The third kappa shape index (κ3) is 2.97. The Hall–Kier alpha value is -0.610. The van der Waals surface area contributed by atoms with Gasteiger partial charge in [0.1, 0.15) is 4.60 Å². The summed E-state index contributed by atoms with van der Waals surface area (Å²) in [5, 5.41) is 0.449. The number of rotatable bonds is 2. The van der Waals surface area contributed by atoms with Gasteiger partial charge in [-0.2, -0.15) is 0 Å². The molecule has 0 spiro atoms. The molecule has 0 radical (unpaired) electrons. The van der Waals surface area contributed by atoms with Gasteiger partial charge in [-0.25, -0.2) is 9.78 Å². The van der Waals surface area contributed by atoms with Crippen molar-refractivity contribution < 1.29 is 9.53 Å². The Bertz CT molecular complexity index is 310. The van der Waals surface area contributed by atoms with Gasteiger partial charge in [0, 0.05) is 5.02 Å². The van der Waals surface area contributed by atoms with Crippen molar-refractivity contribution in [2.75, 3.05) is 6.61 Å². The maximum atomic E-state index is 11.2. The van der Waals surface area contributed by atoms with E-state index < -0.39 is 5.97 Å². The first-order valence-electron chi connectivity index (χ1n) is 3.63. The topological polar surface area (TPSA) is 39.2 Å². The molecule has 1 aromatic heterocycles. The van der Waals surface area contributed by atoms with Crippen LogP contribution in [0.15, 0.2) is 16.7 Å². The van der Waals surface area contributed by atoms with Gasteiger partial charge >= 0.3 is 5.97 Å². The summed E-state index contributed by atoms with van der Waals surface area (Å²) in [5.74, 6) is -0.467. The Balaban J connectivity index is 2.94. The van der Waals surface area contributed by atoms with Crippen molar-refractivity contribution in [1.82, 2.24) is 4.98 Å². The third-order valence-corrected chi connectivity index (χ3v) is 1.87. The molecule has 0 atom stereocenters. The lowest BCUT2D eigenvalue weighted by molar-refractivity contribution is 0.0519. The summed E-state index contributed by atoms with van der Waals surface area (Å²) in [6, 6.07) is 3.06. The molecule has 13 heavy (non-hydrogen) atoms. The monoisotopic (exact) mass is 263 g/mol. The standard InChI is InChI=1S/C8H7BrClNO2/c1-2-13-8(12)6-3-5(10)4-7(9)11-6/h3-4H,2H2,1H3. The van der Waals surface area contributed by atoms with Crippen LogP contribution in [0.2, 0.25) is 5.02 Å². The van der Waals surface area contributed by atoms with E-state index in [1.165, 1.54) is 6.07 Å². The average Bonchev–Trinajstić information content (AvgIpc) is 2.03.